The predicted octanol–water partition coefficient (Wildman–Crippen LogP) is 5.46. The first-order valence-electron chi connectivity index (χ1n) is 9.60. The number of likely N-dealkylation sites (N-methyl/N-ethyl adjacent to an activating group) is 1. The number of aryl methyl sites for hydroxylation is 2. The van der Waals surface area contributed by atoms with E-state index in [2.05, 4.69) is 37.8 Å². The lowest BCUT2D eigenvalue weighted by Crippen LogP contribution is -2.38. The number of carbonyl (C=O) groups excluding carboxylic acids is 1. The minimum Gasteiger partial charge on any atom is -0.302 e. The van der Waals surface area contributed by atoms with Crippen molar-refractivity contribution in [1.82, 2.24) is 9.88 Å². The molecule has 0 aliphatic heterocycles. The number of benzene rings is 2. The van der Waals surface area contributed by atoms with E-state index in [0.717, 1.165) is 35.4 Å². The van der Waals surface area contributed by atoms with Crippen LogP contribution in [0.15, 0.2) is 36.4 Å². The van der Waals surface area contributed by atoms with Gasteiger partial charge in [0.2, 0.25) is 0 Å². The number of rotatable bonds is 7. The number of hydrogen-bond acceptors (Lipinski definition) is 4. The van der Waals surface area contributed by atoms with Crippen molar-refractivity contribution in [2.75, 3.05) is 31.1 Å². The molecule has 0 unspecified atom stereocenters. The topological polar surface area (TPSA) is 36.4 Å². The number of aromatic nitrogens is 1. The van der Waals surface area contributed by atoms with E-state index in [1.807, 2.05) is 6.92 Å². The third kappa shape index (κ3) is 5.32. The maximum Gasteiger partial charge on any atom is 0.260 e. The highest BCUT2D eigenvalue weighted by Crippen LogP contribution is 2.32. The second-order valence-corrected chi connectivity index (χ2v) is 7.93. The fraction of sp³-hybridized carbons (Fsp3) is 0.364. The van der Waals surface area contributed by atoms with Gasteiger partial charge in [0.1, 0.15) is 5.82 Å². The molecule has 0 spiro atoms. The molecule has 1 amide bonds. The molecular weight excluding hydrogens is 409 g/mol. The minimum absolute atomic E-state index is 0. The zero-order chi connectivity index (χ0) is 20.3. The number of fused-ring (bicyclic) bond motifs is 1. The summed E-state index contributed by atoms with van der Waals surface area (Å²) in [4.78, 5) is 21.9. The van der Waals surface area contributed by atoms with E-state index >= 15 is 0 Å². The fourth-order valence-corrected chi connectivity index (χ4v) is 4.48. The molecule has 0 aliphatic carbocycles. The molecule has 0 bridgehead atoms. The van der Waals surface area contributed by atoms with E-state index in [1.165, 1.54) is 29.0 Å². The molecule has 0 saturated carbocycles. The number of halogens is 2. The van der Waals surface area contributed by atoms with Crippen molar-refractivity contribution < 1.29 is 9.18 Å². The zero-order valence-electron chi connectivity index (χ0n) is 17.2. The molecule has 29 heavy (non-hydrogen) atoms. The minimum atomic E-state index is -0.412. The summed E-state index contributed by atoms with van der Waals surface area (Å²) in [7, 11) is 0. The molecule has 0 N–H and O–H groups in total. The van der Waals surface area contributed by atoms with Gasteiger partial charge < -0.3 is 4.90 Å². The average Bonchev–Trinajstić information content (AvgIpc) is 3.09. The van der Waals surface area contributed by atoms with Gasteiger partial charge in [0.05, 0.1) is 10.2 Å². The third-order valence-corrected chi connectivity index (χ3v) is 5.93. The van der Waals surface area contributed by atoms with Gasteiger partial charge in [-0.3, -0.25) is 9.69 Å². The van der Waals surface area contributed by atoms with Crippen molar-refractivity contribution in [2.24, 2.45) is 0 Å². The van der Waals surface area contributed by atoms with Gasteiger partial charge in [-0.15, -0.1) is 12.4 Å². The van der Waals surface area contributed by atoms with Crippen LogP contribution in [0.25, 0.3) is 10.2 Å². The highest BCUT2D eigenvalue weighted by atomic mass is 35.5. The predicted molar refractivity (Wildman–Crippen MR) is 122 cm³/mol. The molecule has 1 aromatic heterocycles. The van der Waals surface area contributed by atoms with Crippen LogP contribution in [-0.2, 0) is 0 Å². The van der Waals surface area contributed by atoms with Crippen molar-refractivity contribution in [1.29, 1.82) is 0 Å². The van der Waals surface area contributed by atoms with Gasteiger partial charge in [-0.25, -0.2) is 9.37 Å². The summed E-state index contributed by atoms with van der Waals surface area (Å²) in [6.07, 6.45) is 0. The molecule has 0 atom stereocenters. The Morgan fingerprint density at radius 3 is 2.48 bits per heavy atom. The Balaban J connectivity index is 0.00000300. The van der Waals surface area contributed by atoms with E-state index in [0.29, 0.717) is 17.2 Å². The quantitative estimate of drug-likeness (QED) is 0.494. The highest BCUT2D eigenvalue weighted by Gasteiger charge is 2.22. The Bertz CT molecular complexity index is 987. The summed E-state index contributed by atoms with van der Waals surface area (Å²) >= 11 is 1.51. The molecule has 0 fully saturated rings. The third-order valence-electron chi connectivity index (χ3n) is 4.90. The van der Waals surface area contributed by atoms with Gasteiger partial charge in [-0.1, -0.05) is 37.3 Å². The summed E-state index contributed by atoms with van der Waals surface area (Å²) in [6.45, 7) is 11.4. The monoisotopic (exact) mass is 435 g/mol. The van der Waals surface area contributed by atoms with Gasteiger partial charge in [-0.2, -0.15) is 0 Å². The standard InChI is InChI=1S/C22H26FN3OS.ClH/c1-5-25(6-2)10-11-26(21(27)17-8-7-9-18(23)14-17)22-24-20-16(4)12-15(3)13-19(20)28-22;/h7-9,12-14H,5-6,10-11H2,1-4H3;1H. The Morgan fingerprint density at radius 1 is 1.10 bits per heavy atom. The fourth-order valence-electron chi connectivity index (χ4n) is 3.32. The number of anilines is 1. The summed E-state index contributed by atoms with van der Waals surface area (Å²) < 4.78 is 14.8. The van der Waals surface area contributed by atoms with Crippen LogP contribution >= 0.6 is 23.7 Å². The Labute approximate surface area is 181 Å². The van der Waals surface area contributed by atoms with E-state index in [9.17, 15) is 9.18 Å². The first-order chi connectivity index (χ1) is 13.4. The lowest BCUT2D eigenvalue weighted by Gasteiger charge is -2.24. The Kier molecular flexibility index (Phi) is 8.14. The first kappa shape index (κ1) is 23.3. The van der Waals surface area contributed by atoms with Gasteiger partial charge >= 0.3 is 0 Å². The summed E-state index contributed by atoms with van der Waals surface area (Å²) in [5, 5.41) is 0.658. The van der Waals surface area contributed by atoms with Crippen LogP contribution in [0, 0.1) is 19.7 Å². The summed E-state index contributed by atoms with van der Waals surface area (Å²) in [5.41, 5.74) is 3.53. The van der Waals surface area contributed by atoms with Crippen LogP contribution in [0.1, 0.15) is 35.3 Å². The molecule has 3 aromatic rings. The van der Waals surface area contributed by atoms with E-state index in [-0.39, 0.29) is 18.3 Å². The molecule has 2 aromatic carbocycles. The maximum absolute atomic E-state index is 13.7. The molecule has 1 heterocycles. The molecule has 156 valence electrons. The van der Waals surface area contributed by atoms with Gasteiger partial charge in [-0.05, 0) is 62.3 Å². The van der Waals surface area contributed by atoms with Crippen molar-refractivity contribution in [2.45, 2.75) is 27.7 Å². The highest BCUT2D eigenvalue weighted by molar-refractivity contribution is 7.22. The van der Waals surface area contributed by atoms with Gasteiger partial charge in [0.25, 0.3) is 5.91 Å². The van der Waals surface area contributed by atoms with Gasteiger partial charge in [0.15, 0.2) is 5.13 Å². The number of hydrogen-bond donors (Lipinski definition) is 0. The lowest BCUT2D eigenvalue weighted by molar-refractivity contribution is 0.0983. The van der Waals surface area contributed by atoms with E-state index in [1.54, 1.807) is 17.0 Å². The Morgan fingerprint density at radius 2 is 1.83 bits per heavy atom. The second kappa shape index (κ2) is 10.1. The smallest absolute Gasteiger partial charge is 0.260 e. The maximum atomic E-state index is 13.7. The number of carbonyl (C=O) groups is 1. The van der Waals surface area contributed by atoms with Crippen LogP contribution in [0.4, 0.5) is 9.52 Å². The van der Waals surface area contributed by atoms with Crippen molar-refractivity contribution >= 4 is 45.0 Å². The number of amides is 1. The van der Waals surface area contributed by atoms with Crippen molar-refractivity contribution in [3.8, 4) is 0 Å². The van der Waals surface area contributed by atoms with Crippen molar-refractivity contribution in [3.05, 3.63) is 58.9 Å². The average molecular weight is 436 g/mol. The number of nitrogens with zero attached hydrogens (tertiary/aromatic N) is 3. The summed E-state index contributed by atoms with van der Waals surface area (Å²) in [5.74, 6) is -0.634. The Hall–Kier alpha value is -2.02. The number of thiazole rings is 1. The largest absolute Gasteiger partial charge is 0.302 e. The molecule has 0 radical (unpaired) electrons. The normalized spacial score (nSPS) is 11.0. The van der Waals surface area contributed by atoms with Crippen molar-refractivity contribution in [3.63, 3.8) is 0 Å². The zero-order valence-corrected chi connectivity index (χ0v) is 18.9. The van der Waals surface area contributed by atoms with Crippen LogP contribution in [-0.4, -0.2) is 42.0 Å². The van der Waals surface area contributed by atoms with Crippen LogP contribution in [0.5, 0.6) is 0 Å². The molecule has 4 nitrogen and oxygen atoms in total. The summed E-state index contributed by atoms with van der Waals surface area (Å²) in [6, 6.07) is 10.0. The SMILES string of the molecule is CCN(CC)CCN(C(=O)c1cccc(F)c1)c1nc2c(C)cc(C)cc2s1.Cl. The first-order valence-corrected chi connectivity index (χ1v) is 10.4. The molecule has 7 heteroatoms. The van der Waals surface area contributed by atoms with Crippen LogP contribution in [0.3, 0.4) is 0 Å². The second-order valence-electron chi connectivity index (χ2n) is 6.92. The molecule has 0 aliphatic rings. The van der Waals surface area contributed by atoms with E-state index in [4.69, 9.17) is 4.98 Å². The molecular formula is C22H27ClFN3OS. The van der Waals surface area contributed by atoms with Gasteiger partial charge in [0, 0.05) is 18.7 Å². The van der Waals surface area contributed by atoms with Crippen LogP contribution in [0.2, 0.25) is 0 Å². The molecule has 0 saturated heterocycles. The van der Waals surface area contributed by atoms with Crippen LogP contribution < -0.4 is 4.90 Å². The lowest BCUT2D eigenvalue weighted by atomic mass is 10.1. The van der Waals surface area contributed by atoms with E-state index < -0.39 is 5.82 Å². The molecule has 3 rings (SSSR count).